The molecule has 0 radical (unpaired) electrons. The minimum atomic E-state index is -0.992. The summed E-state index contributed by atoms with van der Waals surface area (Å²) in [6, 6.07) is 1.46. The van der Waals surface area contributed by atoms with Gasteiger partial charge in [0, 0.05) is 20.4 Å². The Hall–Kier alpha value is -1.48. The smallest absolute Gasteiger partial charge is 0.351 e. The van der Waals surface area contributed by atoms with Gasteiger partial charge in [0.1, 0.15) is 24.1 Å². The van der Waals surface area contributed by atoms with Gasteiger partial charge in [-0.25, -0.2) is 4.79 Å². The van der Waals surface area contributed by atoms with Crippen molar-refractivity contribution in [1.82, 2.24) is 9.55 Å². The minimum Gasteiger partial charge on any atom is -0.386 e. The zero-order chi connectivity index (χ0) is 14.0. The molecule has 1 aliphatic heterocycles. The molecule has 8 nitrogen and oxygen atoms in total. The largest absolute Gasteiger partial charge is 0.386 e. The highest BCUT2D eigenvalue weighted by molar-refractivity contribution is 5.23. The van der Waals surface area contributed by atoms with Crippen LogP contribution in [0.2, 0.25) is 0 Å². The fourth-order valence-corrected chi connectivity index (χ4v) is 2.16. The lowest BCUT2D eigenvalue weighted by Crippen LogP contribution is -2.37. The normalized spacial score (nSPS) is 30.7. The van der Waals surface area contributed by atoms with E-state index in [2.05, 4.69) is 4.98 Å². The molecule has 1 aromatic heterocycles. The van der Waals surface area contributed by atoms with E-state index in [0.29, 0.717) is 0 Å². The van der Waals surface area contributed by atoms with Crippen LogP contribution in [-0.2, 0) is 14.2 Å². The zero-order valence-electron chi connectivity index (χ0n) is 10.7. The van der Waals surface area contributed by atoms with Crippen LogP contribution in [0.15, 0.2) is 17.1 Å². The van der Waals surface area contributed by atoms with E-state index >= 15 is 0 Å². The molecule has 1 fully saturated rings. The second-order valence-electron chi connectivity index (χ2n) is 4.25. The van der Waals surface area contributed by atoms with Gasteiger partial charge in [-0.1, -0.05) is 0 Å². The number of hydrogen-bond acceptors (Lipinski definition) is 7. The topological polar surface area (TPSA) is 109 Å². The third-order valence-electron chi connectivity index (χ3n) is 3.04. The maximum atomic E-state index is 11.7. The second-order valence-corrected chi connectivity index (χ2v) is 4.25. The molecule has 0 spiro atoms. The minimum absolute atomic E-state index is 0.116. The first-order valence-corrected chi connectivity index (χ1v) is 5.78. The Morgan fingerprint density at radius 3 is 2.89 bits per heavy atom. The maximum Gasteiger partial charge on any atom is 0.351 e. The van der Waals surface area contributed by atoms with Crippen molar-refractivity contribution in [2.24, 2.45) is 0 Å². The van der Waals surface area contributed by atoms with Gasteiger partial charge in [0.2, 0.25) is 0 Å². The number of rotatable bonds is 4. The molecule has 3 N–H and O–H groups in total. The van der Waals surface area contributed by atoms with Crippen molar-refractivity contribution in [3.05, 3.63) is 22.7 Å². The lowest BCUT2D eigenvalue weighted by molar-refractivity contribution is -0.0640. The molecule has 0 saturated carbocycles. The highest BCUT2D eigenvalue weighted by Gasteiger charge is 2.45. The third kappa shape index (κ3) is 2.61. The number of nitrogen functional groups attached to an aromatic ring is 1. The summed E-state index contributed by atoms with van der Waals surface area (Å²) in [5.41, 5.74) is 4.83. The highest BCUT2D eigenvalue weighted by Crippen LogP contribution is 2.30. The Morgan fingerprint density at radius 1 is 1.58 bits per heavy atom. The Kier molecular flexibility index (Phi) is 4.15. The summed E-state index contributed by atoms with van der Waals surface area (Å²) in [4.78, 5) is 15.3. The summed E-state index contributed by atoms with van der Waals surface area (Å²) >= 11 is 0. The maximum absolute atomic E-state index is 11.7. The summed E-state index contributed by atoms with van der Waals surface area (Å²) in [5, 5.41) is 10.2. The van der Waals surface area contributed by atoms with Gasteiger partial charge in [-0.15, -0.1) is 0 Å². The SMILES string of the molecule is COCC1OC(n2ccc(N)nc2=O)C(O)C1OC. The van der Waals surface area contributed by atoms with E-state index in [1.54, 1.807) is 0 Å². The van der Waals surface area contributed by atoms with E-state index in [1.807, 2.05) is 0 Å². The number of nitrogens with two attached hydrogens (primary N) is 1. The summed E-state index contributed by atoms with van der Waals surface area (Å²) in [7, 11) is 2.99. The summed E-state index contributed by atoms with van der Waals surface area (Å²) in [6.07, 6.45) is -1.46. The number of nitrogens with zero attached hydrogens (tertiary/aromatic N) is 2. The molecule has 0 bridgehead atoms. The molecule has 1 aliphatic rings. The molecule has 1 aromatic rings. The molecule has 1 saturated heterocycles. The lowest BCUT2D eigenvalue weighted by Gasteiger charge is -2.18. The van der Waals surface area contributed by atoms with Gasteiger partial charge in [-0.05, 0) is 6.07 Å². The van der Waals surface area contributed by atoms with Crippen LogP contribution in [0.4, 0.5) is 5.82 Å². The van der Waals surface area contributed by atoms with Gasteiger partial charge < -0.3 is 25.1 Å². The first-order valence-electron chi connectivity index (χ1n) is 5.78. The first kappa shape index (κ1) is 13.9. The number of aliphatic hydroxyl groups excluding tert-OH is 1. The van der Waals surface area contributed by atoms with E-state index in [9.17, 15) is 9.90 Å². The van der Waals surface area contributed by atoms with Crippen LogP contribution in [0.5, 0.6) is 0 Å². The molecule has 4 atom stereocenters. The van der Waals surface area contributed by atoms with Crippen LogP contribution in [-0.4, -0.2) is 53.8 Å². The quantitative estimate of drug-likeness (QED) is 0.703. The Labute approximate surface area is 109 Å². The molecule has 0 amide bonds. The fraction of sp³-hybridized carbons (Fsp3) is 0.636. The molecule has 106 valence electrons. The van der Waals surface area contributed by atoms with Gasteiger partial charge >= 0.3 is 5.69 Å². The Bertz CT molecular complexity index is 491. The second kappa shape index (κ2) is 5.66. The lowest BCUT2D eigenvalue weighted by atomic mass is 10.1. The van der Waals surface area contributed by atoms with Crippen LogP contribution in [0.25, 0.3) is 0 Å². The van der Waals surface area contributed by atoms with Crippen molar-refractivity contribution in [3.8, 4) is 0 Å². The molecule has 4 unspecified atom stereocenters. The van der Waals surface area contributed by atoms with E-state index in [-0.39, 0.29) is 12.4 Å². The van der Waals surface area contributed by atoms with Gasteiger partial charge in [0.15, 0.2) is 6.23 Å². The average Bonchev–Trinajstić information content (AvgIpc) is 2.66. The predicted octanol–water partition coefficient (Wildman–Crippen LogP) is -1.25. The Morgan fingerprint density at radius 2 is 2.32 bits per heavy atom. The molecule has 0 aromatic carbocycles. The number of anilines is 1. The van der Waals surface area contributed by atoms with Crippen LogP contribution >= 0.6 is 0 Å². The third-order valence-corrected chi connectivity index (χ3v) is 3.04. The summed E-state index contributed by atoms with van der Waals surface area (Å²) < 4.78 is 17.0. The number of aliphatic hydroxyl groups is 1. The van der Waals surface area contributed by atoms with Crippen molar-refractivity contribution >= 4 is 5.82 Å². The highest BCUT2D eigenvalue weighted by atomic mass is 16.6. The van der Waals surface area contributed by atoms with E-state index in [1.165, 1.54) is 31.0 Å². The van der Waals surface area contributed by atoms with Gasteiger partial charge in [0.05, 0.1) is 6.61 Å². The monoisotopic (exact) mass is 271 g/mol. The van der Waals surface area contributed by atoms with Crippen molar-refractivity contribution < 1.29 is 19.3 Å². The van der Waals surface area contributed by atoms with E-state index in [4.69, 9.17) is 19.9 Å². The van der Waals surface area contributed by atoms with Crippen LogP contribution < -0.4 is 11.4 Å². The van der Waals surface area contributed by atoms with Crippen molar-refractivity contribution in [2.45, 2.75) is 24.5 Å². The molecular formula is C11H17N3O5. The average molecular weight is 271 g/mol. The first-order chi connectivity index (χ1) is 9.08. The van der Waals surface area contributed by atoms with Gasteiger partial charge in [-0.3, -0.25) is 4.57 Å². The van der Waals surface area contributed by atoms with E-state index < -0.39 is 30.2 Å². The van der Waals surface area contributed by atoms with Gasteiger partial charge in [-0.2, -0.15) is 4.98 Å². The van der Waals surface area contributed by atoms with Crippen LogP contribution in [0.1, 0.15) is 6.23 Å². The number of methoxy groups -OCH3 is 2. The van der Waals surface area contributed by atoms with Crippen molar-refractivity contribution in [3.63, 3.8) is 0 Å². The fourth-order valence-electron chi connectivity index (χ4n) is 2.16. The summed E-state index contributed by atoms with van der Waals surface area (Å²) in [5.74, 6) is 0.116. The van der Waals surface area contributed by atoms with Crippen LogP contribution in [0, 0.1) is 0 Å². The molecular weight excluding hydrogens is 254 g/mol. The van der Waals surface area contributed by atoms with Crippen molar-refractivity contribution in [1.29, 1.82) is 0 Å². The molecule has 19 heavy (non-hydrogen) atoms. The van der Waals surface area contributed by atoms with Crippen molar-refractivity contribution in [2.75, 3.05) is 26.6 Å². The molecule has 8 heteroatoms. The molecule has 2 heterocycles. The number of hydrogen-bond donors (Lipinski definition) is 2. The predicted molar refractivity (Wildman–Crippen MR) is 65.5 cm³/mol. The Balaban J connectivity index is 2.28. The molecule has 2 rings (SSSR count). The number of aromatic nitrogens is 2. The summed E-state index contributed by atoms with van der Waals surface area (Å²) in [6.45, 7) is 0.253. The standard InChI is InChI=1S/C11H17N3O5/c1-17-5-6-9(18-2)8(15)10(19-6)14-4-3-7(12)13-11(14)16/h3-4,6,8-10,15H,5H2,1-2H3,(H2,12,13,16). The zero-order valence-corrected chi connectivity index (χ0v) is 10.7. The number of ether oxygens (including phenoxy) is 3. The molecule has 0 aliphatic carbocycles. The van der Waals surface area contributed by atoms with Crippen LogP contribution in [0.3, 0.4) is 0 Å². The van der Waals surface area contributed by atoms with Gasteiger partial charge in [0.25, 0.3) is 0 Å². The van der Waals surface area contributed by atoms with E-state index in [0.717, 1.165) is 0 Å².